The molecule has 2 rings (SSSR count). The van der Waals surface area contributed by atoms with Gasteiger partial charge in [-0.2, -0.15) is 4.68 Å². The van der Waals surface area contributed by atoms with Crippen LogP contribution < -0.4 is 10.4 Å². The number of aryl methyl sites for hydroxylation is 1. The molecule has 0 atom stereocenters. The van der Waals surface area contributed by atoms with E-state index in [1.165, 1.54) is 14.6 Å². The molecule has 13 heavy (non-hydrogen) atoms. The average Bonchev–Trinajstić information content (AvgIpc) is 2.32. The standard InChI is InChI=1S/C9H10IN3/c1-12-8-5-6(11)3-4-7(8)9(10)13(12)2/h3-5,11H,1-2H3/p+1. The molecule has 0 fully saturated rings. The van der Waals surface area contributed by atoms with Crippen molar-refractivity contribution in [1.82, 2.24) is 4.68 Å². The van der Waals surface area contributed by atoms with Crippen molar-refractivity contribution < 1.29 is 4.68 Å². The highest BCUT2D eigenvalue weighted by Gasteiger charge is 2.16. The first-order chi connectivity index (χ1) is 6.11. The van der Waals surface area contributed by atoms with Crippen LogP contribution in [0.1, 0.15) is 0 Å². The highest BCUT2D eigenvalue weighted by Crippen LogP contribution is 2.20. The molecular weight excluding hydrogens is 277 g/mol. The van der Waals surface area contributed by atoms with E-state index in [9.17, 15) is 0 Å². The number of halogens is 1. The molecule has 1 aromatic carbocycles. The van der Waals surface area contributed by atoms with E-state index < -0.39 is 0 Å². The Morgan fingerprint density at radius 3 is 2.85 bits per heavy atom. The summed E-state index contributed by atoms with van der Waals surface area (Å²) in [6, 6.07) is 5.99. The molecule has 0 saturated heterocycles. The summed E-state index contributed by atoms with van der Waals surface area (Å²) >= 11 is 2.34. The Morgan fingerprint density at radius 2 is 2.15 bits per heavy atom. The quantitative estimate of drug-likeness (QED) is 0.441. The van der Waals surface area contributed by atoms with Crippen LogP contribution in [-0.2, 0) is 14.1 Å². The van der Waals surface area contributed by atoms with E-state index in [4.69, 9.17) is 5.73 Å². The molecule has 0 radical (unpaired) electrons. The van der Waals surface area contributed by atoms with Crippen molar-refractivity contribution in [2.24, 2.45) is 14.1 Å². The van der Waals surface area contributed by atoms with Gasteiger partial charge in [-0.1, -0.05) is 0 Å². The molecule has 3 nitrogen and oxygen atoms in total. The molecule has 0 saturated carbocycles. The molecule has 4 heteroatoms. The van der Waals surface area contributed by atoms with Crippen LogP contribution >= 0.6 is 22.6 Å². The van der Waals surface area contributed by atoms with Crippen molar-refractivity contribution in [2.45, 2.75) is 0 Å². The van der Waals surface area contributed by atoms with Gasteiger partial charge in [0.15, 0.2) is 7.05 Å². The van der Waals surface area contributed by atoms with Crippen LogP contribution in [0.4, 0.5) is 5.69 Å². The number of fused-ring (bicyclic) bond motifs is 1. The van der Waals surface area contributed by atoms with Crippen molar-refractivity contribution >= 4 is 39.2 Å². The molecule has 1 heterocycles. The number of nitrogens with two attached hydrogens (primary N) is 1. The molecule has 68 valence electrons. The molecule has 0 unspecified atom stereocenters. The zero-order valence-electron chi connectivity index (χ0n) is 7.58. The highest BCUT2D eigenvalue weighted by molar-refractivity contribution is 14.1. The first-order valence-corrected chi connectivity index (χ1v) is 5.09. The van der Waals surface area contributed by atoms with Gasteiger partial charge in [-0.3, -0.25) is 0 Å². The molecule has 0 aliphatic carbocycles. The number of aromatic nitrogens is 2. The summed E-state index contributed by atoms with van der Waals surface area (Å²) in [7, 11) is 4.07. The van der Waals surface area contributed by atoms with Crippen LogP contribution in [0.25, 0.3) is 10.9 Å². The monoisotopic (exact) mass is 288 g/mol. The summed E-state index contributed by atoms with van der Waals surface area (Å²) < 4.78 is 5.42. The Hall–Kier alpha value is -0.780. The van der Waals surface area contributed by atoms with Crippen molar-refractivity contribution in [1.29, 1.82) is 0 Å². The van der Waals surface area contributed by atoms with E-state index in [0.717, 1.165) is 5.69 Å². The minimum absolute atomic E-state index is 0.810. The van der Waals surface area contributed by atoms with Gasteiger partial charge in [0.1, 0.15) is 5.52 Å². The van der Waals surface area contributed by atoms with Gasteiger partial charge in [0.25, 0.3) is 3.70 Å². The molecule has 0 amide bonds. The van der Waals surface area contributed by atoms with Crippen molar-refractivity contribution in [3.05, 3.63) is 21.9 Å². The fraction of sp³-hybridized carbons (Fsp3) is 0.222. The van der Waals surface area contributed by atoms with Crippen LogP contribution in [-0.4, -0.2) is 4.68 Å². The Bertz CT molecular complexity index is 473. The summed E-state index contributed by atoms with van der Waals surface area (Å²) in [5, 5.41) is 1.25. The van der Waals surface area contributed by atoms with Crippen molar-refractivity contribution in [3.8, 4) is 0 Å². The van der Waals surface area contributed by atoms with Gasteiger partial charge in [0.05, 0.1) is 12.4 Å². The van der Waals surface area contributed by atoms with Crippen LogP contribution in [0.15, 0.2) is 18.2 Å². The normalized spacial score (nSPS) is 11.0. The molecule has 1 aromatic heterocycles. The summed E-state index contributed by atoms with van der Waals surface area (Å²) in [6.07, 6.45) is 0. The van der Waals surface area contributed by atoms with E-state index >= 15 is 0 Å². The smallest absolute Gasteiger partial charge is 0.274 e. The van der Waals surface area contributed by atoms with Gasteiger partial charge < -0.3 is 5.73 Å². The van der Waals surface area contributed by atoms with Gasteiger partial charge >= 0.3 is 0 Å². The summed E-state index contributed by atoms with van der Waals surface area (Å²) in [5.74, 6) is 0. The van der Waals surface area contributed by atoms with Gasteiger partial charge in [0.2, 0.25) is 0 Å². The second-order valence-electron chi connectivity index (χ2n) is 3.11. The van der Waals surface area contributed by atoms with E-state index in [2.05, 4.69) is 38.0 Å². The Labute approximate surface area is 90.3 Å². The molecule has 0 aliphatic rings. The van der Waals surface area contributed by atoms with Gasteiger partial charge in [-0.05, 0) is 18.2 Å². The lowest BCUT2D eigenvalue weighted by molar-refractivity contribution is -0.760. The first kappa shape index (κ1) is 8.80. The zero-order valence-corrected chi connectivity index (χ0v) is 9.74. The number of hydrogen-bond donors (Lipinski definition) is 1. The van der Waals surface area contributed by atoms with Gasteiger partial charge in [-0.15, -0.1) is 4.68 Å². The Morgan fingerprint density at radius 1 is 1.46 bits per heavy atom. The lowest BCUT2D eigenvalue weighted by atomic mass is 10.2. The summed E-state index contributed by atoms with van der Waals surface area (Å²) in [4.78, 5) is 0. The maximum absolute atomic E-state index is 5.73. The third kappa shape index (κ3) is 1.20. The maximum Gasteiger partial charge on any atom is 0.274 e. The number of nitrogen functional groups attached to an aromatic ring is 1. The zero-order chi connectivity index (χ0) is 9.59. The molecule has 0 bridgehead atoms. The third-order valence-corrected chi connectivity index (χ3v) is 3.61. The lowest BCUT2D eigenvalue weighted by Gasteiger charge is -1.92. The fourth-order valence-corrected chi connectivity index (χ4v) is 2.24. The molecule has 0 aliphatic heterocycles. The maximum atomic E-state index is 5.73. The second-order valence-corrected chi connectivity index (χ2v) is 4.14. The average molecular weight is 288 g/mol. The van der Waals surface area contributed by atoms with Crippen molar-refractivity contribution in [3.63, 3.8) is 0 Å². The van der Waals surface area contributed by atoms with Gasteiger partial charge in [0, 0.05) is 28.3 Å². The van der Waals surface area contributed by atoms with Crippen LogP contribution in [0.3, 0.4) is 0 Å². The predicted octanol–water partition coefficient (Wildman–Crippen LogP) is 1.19. The molecule has 0 spiro atoms. The fourth-order valence-electron chi connectivity index (χ4n) is 1.46. The van der Waals surface area contributed by atoms with Gasteiger partial charge in [-0.25, -0.2) is 0 Å². The first-order valence-electron chi connectivity index (χ1n) is 4.01. The van der Waals surface area contributed by atoms with Crippen LogP contribution in [0.5, 0.6) is 0 Å². The topological polar surface area (TPSA) is 34.8 Å². The third-order valence-electron chi connectivity index (χ3n) is 2.33. The van der Waals surface area contributed by atoms with E-state index in [1.807, 2.05) is 26.2 Å². The number of anilines is 1. The molecular formula is C9H11IN3+. The SMILES string of the molecule is Cn1c2cc(N)ccc2c(I)[n+]1C. The number of hydrogen-bond acceptors (Lipinski definition) is 1. The highest BCUT2D eigenvalue weighted by atomic mass is 127. The number of rotatable bonds is 0. The van der Waals surface area contributed by atoms with Crippen LogP contribution in [0, 0.1) is 3.70 Å². The Kier molecular flexibility index (Phi) is 1.94. The van der Waals surface area contributed by atoms with Crippen molar-refractivity contribution in [2.75, 3.05) is 5.73 Å². The number of benzene rings is 1. The molecule has 2 aromatic rings. The van der Waals surface area contributed by atoms with E-state index in [-0.39, 0.29) is 0 Å². The summed E-state index contributed by atoms with van der Waals surface area (Å²) in [5.41, 5.74) is 7.71. The predicted molar refractivity (Wildman–Crippen MR) is 61.2 cm³/mol. The van der Waals surface area contributed by atoms with E-state index in [1.54, 1.807) is 0 Å². The molecule has 2 N–H and O–H groups in total. The van der Waals surface area contributed by atoms with Crippen LogP contribution in [0.2, 0.25) is 0 Å². The Balaban J connectivity index is 2.95. The largest absolute Gasteiger partial charge is 0.399 e. The minimum atomic E-state index is 0.810. The second kappa shape index (κ2) is 2.87. The van der Waals surface area contributed by atoms with E-state index in [0.29, 0.717) is 0 Å². The number of nitrogens with zero attached hydrogens (tertiary/aromatic N) is 2. The summed E-state index contributed by atoms with van der Waals surface area (Å²) in [6.45, 7) is 0. The lowest BCUT2D eigenvalue weighted by Crippen LogP contribution is -2.39. The minimum Gasteiger partial charge on any atom is -0.399 e.